The number of benzene rings is 1. The van der Waals surface area contributed by atoms with E-state index >= 15 is 0 Å². The average molecular weight is 269 g/mol. The Balaban J connectivity index is 1.97. The minimum Gasteiger partial charge on any atom is -0.491 e. The highest BCUT2D eigenvalue weighted by molar-refractivity contribution is 6.32. The standard InChI is InChI=1S/C14H17ClO3/c15-12-7-3-6-11(14(16)17)13(12)18-9-8-10-4-1-2-5-10/h3,6-7,10H,1-2,4-5,8-9H2,(H,16,17). The summed E-state index contributed by atoms with van der Waals surface area (Å²) in [6, 6.07) is 4.79. The van der Waals surface area contributed by atoms with E-state index in [2.05, 4.69) is 0 Å². The summed E-state index contributed by atoms with van der Waals surface area (Å²) in [4.78, 5) is 11.1. The second kappa shape index (κ2) is 6.10. The molecule has 0 aromatic heterocycles. The van der Waals surface area contributed by atoms with Crippen molar-refractivity contribution in [2.75, 3.05) is 6.61 Å². The maximum atomic E-state index is 11.1. The lowest BCUT2D eigenvalue weighted by Crippen LogP contribution is -2.07. The normalized spacial score (nSPS) is 15.8. The van der Waals surface area contributed by atoms with Crippen LogP contribution in [0.1, 0.15) is 42.5 Å². The first kappa shape index (κ1) is 13.2. The molecule has 4 heteroatoms. The second-order valence-electron chi connectivity index (χ2n) is 4.71. The van der Waals surface area contributed by atoms with Gasteiger partial charge < -0.3 is 9.84 Å². The Labute approximate surface area is 112 Å². The monoisotopic (exact) mass is 268 g/mol. The maximum Gasteiger partial charge on any atom is 0.339 e. The van der Waals surface area contributed by atoms with Crippen molar-refractivity contribution in [2.24, 2.45) is 5.92 Å². The van der Waals surface area contributed by atoms with Crippen molar-refractivity contribution in [1.29, 1.82) is 0 Å². The summed E-state index contributed by atoms with van der Waals surface area (Å²) in [5.41, 5.74) is 0.133. The summed E-state index contributed by atoms with van der Waals surface area (Å²) >= 11 is 5.98. The van der Waals surface area contributed by atoms with Gasteiger partial charge in [-0.3, -0.25) is 0 Å². The SMILES string of the molecule is O=C(O)c1cccc(Cl)c1OCCC1CCCC1. The van der Waals surface area contributed by atoms with E-state index < -0.39 is 5.97 Å². The fourth-order valence-electron chi connectivity index (χ4n) is 2.45. The first-order valence-electron chi connectivity index (χ1n) is 6.33. The van der Waals surface area contributed by atoms with E-state index in [-0.39, 0.29) is 5.56 Å². The van der Waals surface area contributed by atoms with Gasteiger partial charge in [0.15, 0.2) is 5.75 Å². The molecule has 1 aliphatic carbocycles. The summed E-state index contributed by atoms with van der Waals surface area (Å²) in [5, 5.41) is 9.42. The number of hydrogen-bond acceptors (Lipinski definition) is 2. The van der Waals surface area contributed by atoms with Crippen molar-refractivity contribution >= 4 is 17.6 Å². The summed E-state index contributed by atoms with van der Waals surface area (Å²) in [6.45, 7) is 0.536. The molecule has 1 aromatic carbocycles. The Bertz CT molecular complexity index is 425. The summed E-state index contributed by atoms with van der Waals surface area (Å²) in [7, 11) is 0. The lowest BCUT2D eigenvalue weighted by molar-refractivity contribution is 0.0692. The van der Waals surface area contributed by atoms with E-state index in [1.54, 1.807) is 12.1 Å². The number of hydrogen-bond donors (Lipinski definition) is 1. The van der Waals surface area contributed by atoms with Gasteiger partial charge >= 0.3 is 5.97 Å². The van der Waals surface area contributed by atoms with Crippen LogP contribution in [0.15, 0.2) is 18.2 Å². The minimum atomic E-state index is -1.01. The Morgan fingerprint density at radius 1 is 1.39 bits per heavy atom. The number of carboxylic acids is 1. The van der Waals surface area contributed by atoms with E-state index in [1.165, 1.54) is 31.7 Å². The van der Waals surface area contributed by atoms with Crippen LogP contribution in [-0.4, -0.2) is 17.7 Å². The molecule has 0 heterocycles. The third-order valence-electron chi connectivity index (χ3n) is 3.44. The molecule has 0 spiro atoms. The molecule has 98 valence electrons. The fraction of sp³-hybridized carbons (Fsp3) is 0.500. The molecular weight excluding hydrogens is 252 g/mol. The Morgan fingerprint density at radius 2 is 2.11 bits per heavy atom. The minimum absolute atomic E-state index is 0.133. The van der Waals surface area contributed by atoms with E-state index in [4.69, 9.17) is 21.4 Å². The molecular formula is C14H17ClO3. The van der Waals surface area contributed by atoms with Crippen molar-refractivity contribution in [3.05, 3.63) is 28.8 Å². The predicted molar refractivity (Wildman–Crippen MR) is 70.5 cm³/mol. The van der Waals surface area contributed by atoms with Crippen molar-refractivity contribution in [1.82, 2.24) is 0 Å². The zero-order valence-corrected chi connectivity index (χ0v) is 10.9. The zero-order valence-electron chi connectivity index (χ0n) is 10.2. The van der Waals surface area contributed by atoms with Crippen LogP contribution in [0.4, 0.5) is 0 Å². The molecule has 18 heavy (non-hydrogen) atoms. The Hall–Kier alpha value is -1.22. The predicted octanol–water partition coefficient (Wildman–Crippen LogP) is 4.00. The molecule has 0 amide bonds. The molecule has 0 radical (unpaired) electrons. The molecule has 0 bridgehead atoms. The molecule has 1 N–H and O–H groups in total. The third kappa shape index (κ3) is 3.16. The quantitative estimate of drug-likeness (QED) is 0.878. The van der Waals surface area contributed by atoms with E-state index in [0.29, 0.717) is 17.4 Å². The number of rotatable bonds is 5. The van der Waals surface area contributed by atoms with Gasteiger partial charge in [-0.05, 0) is 24.5 Å². The smallest absolute Gasteiger partial charge is 0.339 e. The number of carbonyl (C=O) groups is 1. The molecule has 1 saturated carbocycles. The van der Waals surface area contributed by atoms with Gasteiger partial charge in [0.1, 0.15) is 5.56 Å². The molecule has 0 unspecified atom stereocenters. The van der Waals surface area contributed by atoms with Crippen molar-refractivity contribution < 1.29 is 14.6 Å². The molecule has 3 nitrogen and oxygen atoms in total. The largest absolute Gasteiger partial charge is 0.491 e. The van der Waals surface area contributed by atoms with Gasteiger partial charge in [0.25, 0.3) is 0 Å². The summed E-state index contributed by atoms with van der Waals surface area (Å²) in [6.07, 6.45) is 6.11. The van der Waals surface area contributed by atoms with Gasteiger partial charge in [0.05, 0.1) is 11.6 Å². The first-order chi connectivity index (χ1) is 8.68. The average Bonchev–Trinajstić information content (AvgIpc) is 2.84. The van der Waals surface area contributed by atoms with Crippen LogP contribution in [-0.2, 0) is 0 Å². The van der Waals surface area contributed by atoms with Crippen LogP contribution in [0.5, 0.6) is 5.75 Å². The molecule has 1 fully saturated rings. The summed E-state index contributed by atoms with van der Waals surface area (Å²) in [5.74, 6) is 0.0128. The highest BCUT2D eigenvalue weighted by atomic mass is 35.5. The van der Waals surface area contributed by atoms with Crippen LogP contribution in [0, 0.1) is 5.92 Å². The molecule has 2 rings (SSSR count). The van der Waals surface area contributed by atoms with E-state index in [1.807, 2.05) is 0 Å². The molecule has 0 atom stereocenters. The number of carboxylic acid groups (broad SMARTS) is 1. The summed E-state index contributed by atoms with van der Waals surface area (Å²) < 4.78 is 5.58. The molecule has 1 aliphatic rings. The van der Waals surface area contributed by atoms with Crippen molar-refractivity contribution in [3.63, 3.8) is 0 Å². The van der Waals surface area contributed by atoms with Gasteiger partial charge in [-0.15, -0.1) is 0 Å². The van der Waals surface area contributed by atoms with Gasteiger partial charge in [-0.25, -0.2) is 4.79 Å². The van der Waals surface area contributed by atoms with Gasteiger partial charge in [-0.2, -0.15) is 0 Å². The van der Waals surface area contributed by atoms with Crippen LogP contribution in [0.3, 0.4) is 0 Å². The van der Waals surface area contributed by atoms with Crippen molar-refractivity contribution in [2.45, 2.75) is 32.1 Å². The van der Waals surface area contributed by atoms with Gasteiger partial charge in [0.2, 0.25) is 0 Å². The van der Waals surface area contributed by atoms with Crippen LogP contribution < -0.4 is 4.74 Å². The maximum absolute atomic E-state index is 11.1. The Morgan fingerprint density at radius 3 is 2.78 bits per heavy atom. The topological polar surface area (TPSA) is 46.5 Å². The number of halogens is 1. The first-order valence-corrected chi connectivity index (χ1v) is 6.71. The highest BCUT2D eigenvalue weighted by Gasteiger charge is 2.17. The highest BCUT2D eigenvalue weighted by Crippen LogP contribution is 2.31. The zero-order chi connectivity index (χ0) is 13.0. The number of ether oxygens (including phenoxy) is 1. The van der Waals surface area contributed by atoms with E-state index in [0.717, 1.165) is 12.3 Å². The molecule has 0 aliphatic heterocycles. The molecule has 0 saturated heterocycles. The fourth-order valence-corrected chi connectivity index (χ4v) is 2.68. The third-order valence-corrected chi connectivity index (χ3v) is 3.74. The van der Waals surface area contributed by atoms with Gasteiger partial charge in [-0.1, -0.05) is 43.4 Å². The Kier molecular flexibility index (Phi) is 4.48. The van der Waals surface area contributed by atoms with Crippen LogP contribution in [0.25, 0.3) is 0 Å². The lowest BCUT2D eigenvalue weighted by Gasteiger charge is -2.13. The van der Waals surface area contributed by atoms with E-state index in [9.17, 15) is 4.79 Å². The van der Waals surface area contributed by atoms with Gasteiger partial charge in [0, 0.05) is 0 Å². The second-order valence-corrected chi connectivity index (χ2v) is 5.12. The number of para-hydroxylation sites is 1. The van der Waals surface area contributed by atoms with Crippen molar-refractivity contribution in [3.8, 4) is 5.75 Å². The number of aromatic carboxylic acids is 1. The molecule has 1 aromatic rings. The lowest BCUT2D eigenvalue weighted by atomic mass is 10.1. The van der Waals surface area contributed by atoms with Crippen LogP contribution in [0.2, 0.25) is 5.02 Å². The van der Waals surface area contributed by atoms with Crippen LogP contribution >= 0.6 is 11.6 Å².